The highest BCUT2D eigenvalue weighted by Crippen LogP contribution is 2.19. The molecule has 8 nitrogen and oxygen atoms in total. The fourth-order valence-corrected chi connectivity index (χ4v) is 3.43. The molecule has 0 aliphatic carbocycles. The summed E-state index contributed by atoms with van der Waals surface area (Å²) in [4.78, 5) is 41.7. The number of hydrogen-bond donors (Lipinski definition) is 4. The summed E-state index contributed by atoms with van der Waals surface area (Å²) in [6, 6.07) is 12.0. The standard InChI is InChI=1S/C21H22N4O4/c1-12(13-7-8-16-17(11-13)25-21(28)24-16)22-19(26)14-4-2-5-15(10-14)23-20(27)18-6-3-9-29-18/h2,4-5,7-8,10-12,18H,3,6,9H2,1H3,(H,22,26)(H,23,27)(H2,24,25,28). The molecule has 2 atom stereocenters. The first kappa shape index (κ1) is 18.9. The molecule has 2 aromatic carbocycles. The molecule has 2 heterocycles. The number of ether oxygens (including phenoxy) is 1. The van der Waals surface area contributed by atoms with Crippen molar-refractivity contribution in [3.63, 3.8) is 0 Å². The molecule has 1 saturated heterocycles. The highest BCUT2D eigenvalue weighted by atomic mass is 16.5. The van der Waals surface area contributed by atoms with E-state index in [9.17, 15) is 14.4 Å². The lowest BCUT2D eigenvalue weighted by atomic mass is 10.1. The number of carbonyl (C=O) groups is 2. The van der Waals surface area contributed by atoms with E-state index in [-0.39, 0.29) is 23.5 Å². The van der Waals surface area contributed by atoms with Crippen molar-refractivity contribution in [2.24, 2.45) is 0 Å². The topological polar surface area (TPSA) is 116 Å². The van der Waals surface area contributed by atoms with E-state index in [1.54, 1.807) is 30.3 Å². The summed E-state index contributed by atoms with van der Waals surface area (Å²) in [5.74, 6) is -0.449. The fourth-order valence-electron chi connectivity index (χ4n) is 3.43. The van der Waals surface area contributed by atoms with Crippen LogP contribution in [0.4, 0.5) is 5.69 Å². The van der Waals surface area contributed by atoms with Crippen LogP contribution in [-0.4, -0.2) is 34.5 Å². The maximum atomic E-state index is 12.7. The van der Waals surface area contributed by atoms with Gasteiger partial charge in [-0.25, -0.2) is 4.79 Å². The predicted molar refractivity (Wildman–Crippen MR) is 109 cm³/mol. The van der Waals surface area contributed by atoms with Crippen LogP contribution >= 0.6 is 0 Å². The van der Waals surface area contributed by atoms with Crippen molar-refractivity contribution in [1.82, 2.24) is 15.3 Å². The number of imidazole rings is 1. The first-order valence-electron chi connectivity index (χ1n) is 9.55. The quantitative estimate of drug-likeness (QED) is 0.532. The Labute approximate surface area is 166 Å². The molecule has 4 N–H and O–H groups in total. The van der Waals surface area contributed by atoms with Gasteiger partial charge in [-0.15, -0.1) is 0 Å². The Morgan fingerprint density at radius 2 is 1.97 bits per heavy atom. The monoisotopic (exact) mass is 394 g/mol. The predicted octanol–water partition coefficient (Wildman–Crippen LogP) is 2.46. The Morgan fingerprint density at radius 1 is 1.14 bits per heavy atom. The minimum absolute atomic E-state index is 0.192. The van der Waals surface area contributed by atoms with Crippen LogP contribution in [0.2, 0.25) is 0 Å². The zero-order valence-corrected chi connectivity index (χ0v) is 16.0. The van der Waals surface area contributed by atoms with Crippen molar-refractivity contribution in [1.29, 1.82) is 0 Å². The van der Waals surface area contributed by atoms with E-state index < -0.39 is 6.10 Å². The van der Waals surface area contributed by atoms with Crippen molar-refractivity contribution < 1.29 is 14.3 Å². The van der Waals surface area contributed by atoms with Crippen molar-refractivity contribution in [3.05, 3.63) is 64.1 Å². The normalized spacial score (nSPS) is 17.2. The highest BCUT2D eigenvalue weighted by molar-refractivity contribution is 5.98. The molecule has 0 saturated carbocycles. The maximum absolute atomic E-state index is 12.7. The number of H-pyrrole nitrogens is 2. The van der Waals surface area contributed by atoms with E-state index in [4.69, 9.17) is 4.74 Å². The SMILES string of the molecule is CC(NC(=O)c1cccc(NC(=O)C2CCCO2)c1)c1ccc2[nH]c(=O)[nH]c2c1. The molecule has 0 spiro atoms. The van der Waals surface area contributed by atoms with Crippen LogP contribution in [0.3, 0.4) is 0 Å². The Kier molecular flexibility index (Phi) is 5.18. The summed E-state index contributed by atoms with van der Waals surface area (Å²) < 4.78 is 5.38. The van der Waals surface area contributed by atoms with Gasteiger partial charge in [0, 0.05) is 17.9 Å². The molecule has 0 radical (unpaired) electrons. The third-order valence-electron chi connectivity index (χ3n) is 5.00. The summed E-state index contributed by atoms with van der Waals surface area (Å²) in [5, 5.41) is 5.75. The number of amides is 2. The molecule has 150 valence electrons. The first-order valence-corrected chi connectivity index (χ1v) is 9.55. The van der Waals surface area contributed by atoms with Gasteiger partial charge in [0.1, 0.15) is 6.10 Å². The molecule has 4 rings (SSSR count). The van der Waals surface area contributed by atoms with Gasteiger partial charge in [-0.2, -0.15) is 0 Å². The van der Waals surface area contributed by atoms with Gasteiger partial charge in [0.15, 0.2) is 0 Å². The lowest BCUT2D eigenvalue weighted by molar-refractivity contribution is -0.124. The van der Waals surface area contributed by atoms with E-state index in [1.807, 2.05) is 19.1 Å². The second-order valence-electron chi connectivity index (χ2n) is 7.15. The number of nitrogens with one attached hydrogen (secondary N) is 4. The molecule has 1 aliphatic heterocycles. The number of aromatic nitrogens is 2. The van der Waals surface area contributed by atoms with Gasteiger partial charge in [-0.05, 0) is 55.7 Å². The average Bonchev–Trinajstić information content (AvgIpc) is 3.36. The molecule has 1 aliphatic rings. The first-order chi connectivity index (χ1) is 14.0. The molecule has 2 unspecified atom stereocenters. The van der Waals surface area contributed by atoms with Crippen LogP contribution in [0.15, 0.2) is 47.3 Å². The Bertz CT molecular complexity index is 1110. The summed E-state index contributed by atoms with van der Waals surface area (Å²) in [7, 11) is 0. The fraction of sp³-hybridized carbons (Fsp3) is 0.286. The minimum Gasteiger partial charge on any atom is -0.368 e. The van der Waals surface area contributed by atoms with Gasteiger partial charge >= 0.3 is 5.69 Å². The summed E-state index contributed by atoms with van der Waals surface area (Å²) >= 11 is 0. The molecule has 2 amide bonds. The maximum Gasteiger partial charge on any atom is 0.323 e. The third kappa shape index (κ3) is 4.22. The average molecular weight is 394 g/mol. The van der Waals surface area contributed by atoms with Gasteiger partial charge in [-0.1, -0.05) is 12.1 Å². The van der Waals surface area contributed by atoms with Crippen molar-refractivity contribution in [2.75, 3.05) is 11.9 Å². The lowest BCUT2D eigenvalue weighted by Gasteiger charge is -2.15. The summed E-state index contributed by atoms with van der Waals surface area (Å²) in [6.07, 6.45) is 1.16. The van der Waals surface area contributed by atoms with E-state index >= 15 is 0 Å². The number of fused-ring (bicyclic) bond motifs is 1. The molecule has 1 fully saturated rings. The molecule has 3 aromatic rings. The zero-order chi connectivity index (χ0) is 20.4. The van der Waals surface area contributed by atoms with Gasteiger partial charge in [-0.3, -0.25) is 9.59 Å². The summed E-state index contributed by atoms with van der Waals surface area (Å²) in [6.45, 7) is 2.47. The van der Waals surface area contributed by atoms with Gasteiger partial charge in [0.25, 0.3) is 11.8 Å². The smallest absolute Gasteiger partial charge is 0.323 e. The van der Waals surface area contributed by atoms with Crippen molar-refractivity contribution in [2.45, 2.75) is 31.9 Å². The van der Waals surface area contributed by atoms with Gasteiger partial charge < -0.3 is 25.3 Å². The Hall–Kier alpha value is -3.39. The van der Waals surface area contributed by atoms with Gasteiger partial charge in [0.05, 0.1) is 17.1 Å². The second-order valence-corrected chi connectivity index (χ2v) is 7.15. The van der Waals surface area contributed by atoms with Crippen LogP contribution in [0.25, 0.3) is 11.0 Å². The summed E-state index contributed by atoms with van der Waals surface area (Å²) in [5.41, 5.74) is 2.99. The lowest BCUT2D eigenvalue weighted by Crippen LogP contribution is -2.28. The molecule has 8 heteroatoms. The molecule has 1 aromatic heterocycles. The Balaban J connectivity index is 1.44. The van der Waals surface area contributed by atoms with Crippen LogP contribution in [-0.2, 0) is 9.53 Å². The molecular weight excluding hydrogens is 372 g/mol. The van der Waals surface area contributed by atoms with E-state index in [0.29, 0.717) is 35.3 Å². The van der Waals surface area contributed by atoms with Crippen LogP contribution in [0, 0.1) is 0 Å². The number of aromatic amines is 2. The number of anilines is 1. The molecule has 0 bridgehead atoms. The second kappa shape index (κ2) is 7.92. The van der Waals surface area contributed by atoms with E-state index in [2.05, 4.69) is 20.6 Å². The van der Waals surface area contributed by atoms with E-state index in [0.717, 1.165) is 12.0 Å². The van der Waals surface area contributed by atoms with Crippen molar-refractivity contribution in [3.8, 4) is 0 Å². The number of benzene rings is 2. The molecule has 29 heavy (non-hydrogen) atoms. The van der Waals surface area contributed by atoms with Crippen LogP contribution in [0.5, 0.6) is 0 Å². The molecular formula is C21H22N4O4. The van der Waals surface area contributed by atoms with Gasteiger partial charge in [0.2, 0.25) is 0 Å². The third-order valence-corrected chi connectivity index (χ3v) is 5.00. The van der Waals surface area contributed by atoms with E-state index in [1.165, 1.54) is 0 Å². The largest absolute Gasteiger partial charge is 0.368 e. The number of rotatable bonds is 5. The number of hydrogen-bond acceptors (Lipinski definition) is 4. The highest BCUT2D eigenvalue weighted by Gasteiger charge is 2.23. The Morgan fingerprint density at radius 3 is 2.76 bits per heavy atom. The van der Waals surface area contributed by atoms with Crippen LogP contribution < -0.4 is 16.3 Å². The zero-order valence-electron chi connectivity index (χ0n) is 16.0. The van der Waals surface area contributed by atoms with Crippen molar-refractivity contribution >= 4 is 28.5 Å². The van der Waals surface area contributed by atoms with Crippen LogP contribution in [0.1, 0.15) is 41.7 Å². The number of carbonyl (C=O) groups excluding carboxylic acids is 2. The minimum atomic E-state index is -0.428.